The van der Waals surface area contributed by atoms with Gasteiger partial charge in [-0.2, -0.15) is 0 Å². The normalized spacial score (nSPS) is 13.0. The van der Waals surface area contributed by atoms with Crippen LogP contribution in [-0.2, 0) is 107 Å². The number of aryl methyl sites for hydroxylation is 4. The molecule has 0 spiro atoms. The zero-order valence-electron chi connectivity index (χ0n) is 82.3. The van der Waals surface area contributed by atoms with Gasteiger partial charge in [-0.25, -0.2) is 19.2 Å². The van der Waals surface area contributed by atoms with Gasteiger partial charge < -0.3 is 55.6 Å². The summed E-state index contributed by atoms with van der Waals surface area (Å²) in [5, 5.41) is -0.312. The predicted octanol–water partition coefficient (Wildman–Crippen LogP) is 26.4. The monoisotopic (exact) mass is 1790 g/mol. The second kappa shape index (κ2) is 51.7. The third-order valence-electron chi connectivity index (χ3n) is 26.1. The number of hydrogen-bond acceptors (Lipinski definition) is 16. The van der Waals surface area contributed by atoms with Crippen molar-refractivity contribution in [2.24, 2.45) is 0 Å². The van der Waals surface area contributed by atoms with E-state index < -0.39 is 57.1 Å². The van der Waals surface area contributed by atoms with Crippen LogP contribution in [0.15, 0.2) is 97.1 Å². The summed E-state index contributed by atoms with van der Waals surface area (Å²) in [6, 6.07) is 18.5. The lowest BCUT2D eigenvalue weighted by atomic mass is 9.87. The fraction of sp³-hybridized carbons (Fsp3) is 0.654. The summed E-state index contributed by atoms with van der Waals surface area (Å²) in [6.45, 7) is 69.0. The highest BCUT2D eigenvalue weighted by Crippen LogP contribution is 2.45. The number of hydrogen-bond donors (Lipinski definition) is 0. The Morgan fingerprint density at radius 1 is 0.266 bits per heavy atom. The fourth-order valence-electron chi connectivity index (χ4n) is 13.9. The second-order valence-corrected chi connectivity index (χ2v) is 60.1. The summed E-state index contributed by atoms with van der Waals surface area (Å²) < 4.78 is 79.5. The molecule has 0 unspecified atom stereocenters. The predicted molar refractivity (Wildman–Crippen MR) is 522 cm³/mol. The molecule has 1 aliphatic rings. The molecule has 0 N–H and O–H groups in total. The van der Waals surface area contributed by atoms with Crippen molar-refractivity contribution in [3.05, 3.63) is 164 Å². The Labute approximate surface area is 756 Å². The first kappa shape index (κ1) is 108. The van der Waals surface area contributed by atoms with E-state index in [1.165, 1.54) is 0 Å². The van der Waals surface area contributed by atoms with Gasteiger partial charge in [-0.05, 0) is 191 Å². The summed E-state index contributed by atoms with van der Waals surface area (Å²) >= 11 is 0. The van der Waals surface area contributed by atoms with Crippen molar-refractivity contribution in [3.63, 3.8) is 0 Å². The van der Waals surface area contributed by atoms with E-state index in [2.05, 4.69) is 238 Å². The van der Waals surface area contributed by atoms with Crippen molar-refractivity contribution >= 4 is 57.1 Å². The number of fused-ring (bicyclic) bond motifs is 8. The minimum absolute atomic E-state index is 0.0182. The van der Waals surface area contributed by atoms with Gasteiger partial charge in [0, 0.05) is 25.7 Å². The highest BCUT2D eigenvalue weighted by molar-refractivity contribution is 6.75. The molecule has 4 aromatic rings. The number of benzene rings is 4. The molecule has 0 fully saturated rings. The lowest BCUT2D eigenvalue weighted by molar-refractivity contribution is -0.141. The van der Waals surface area contributed by atoms with Crippen LogP contribution in [0.5, 0.6) is 23.0 Å². The average Bonchev–Trinajstić information content (AvgIpc) is 0.769. The van der Waals surface area contributed by atoms with Crippen LogP contribution in [0.25, 0.3) is 0 Å². The van der Waals surface area contributed by atoms with Crippen LogP contribution in [0.1, 0.15) is 306 Å². The zero-order chi connectivity index (χ0) is 92.3. The maximum absolute atomic E-state index is 14.0. The van der Waals surface area contributed by atoms with E-state index in [0.717, 1.165) is 221 Å². The molecule has 0 saturated heterocycles. The Morgan fingerprint density at radius 2 is 0.427 bits per heavy atom. The molecule has 0 aromatic heterocycles. The van der Waals surface area contributed by atoms with Crippen LogP contribution in [0.2, 0.25) is 72.5 Å². The molecule has 1 aliphatic carbocycles. The smallest absolute Gasteiger partial charge is 0.335 e. The van der Waals surface area contributed by atoms with Gasteiger partial charge in [0.25, 0.3) is 0 Å². The van der Waals surface area contributed by atoms with Gasteiger partial charge in [-0.1, -0.05) is 288 Å². The van der Waals surface area contributed by atoms with Crippen LogP contribution in [0.4, 0.5) is 0 Å². The summed E-state index contributed by atoms with van der Waals surface area (Å²) in [6.07, 6.45) is 26.5. The van der Waals surface area contributed by atoms with Crippen LogP contribution < -0.4 is 18.9 Å². The quantitative estimate of drug-likeness (QED) is 0.0118. The van der Waals surface area contributed by atoms with Crippen LogP contribution in [0.3, 0.4) is 0 Å². The molecule has 5 rings (SSSR count). The van der Waals surface area contributed by atoms with E-state index in [4.69, 9.17) is 55.6 Å². The number of unbranched alkanes of at least 4 members (excludes halogenated alkanes) is 16. The van der Waals surface area contributed by atoms with E-state index in [-0.39, 0.29) is 122 Å². The summed E-state index contributed by atoms with van der Waals surface area (Å²) in [7, 11) is -8.98. The molecule has 696 valence electrons. The van der Waals surface area contributed by atoms with E-state index in [1.807, 2.05) is 0 Å². The van der Waals surface area contributed by atoms with Crippen molar-refractivity contribution in [1.82, 2.24) is 0 Å². The SMILES string of the molecule is C=C(CO[Si](C)(C)C(C)(C)C)C(=O)OCCOc1c2cc(CCCCCCC)cc1Cc1cc(CCCCCCC)cc(c1OCCOC(=O)C(=C)CO[Si](C)(C)C(C)(C)C)Cc1cc(CCCCCCC)cc(c1OCCOC(=O)C(=C)CO[Si](C)(C)C(C)(C)C)Cc1cc(CCCCCCC)cc(c1OCCOC(=O)C(=C)CO[Si](C)(C)C(C)(C)C)C2. The van der Waals surface area contributed by atoms with Crippen molar-refractivity contribution in [2.75, 3.05) is 79.3 Å². The minimum Gasteiger partial charge on any atom is -0.489 e. The van der Waals surface area contributed by atoms with Crippen LogP contribution >= 0.6 is 0 Å². The number of ether oxygens (including phenoxy) is 8. The third-order valence-corrected chi connectivity index (χ3v) is 44.0. The Balaban J connectivity index is 1.94. The Morgan fingerprint density at radius 3 is 0.581 bits per heavy atom. The molecule has 124 heavy (non-hydrogen) atoms. The lowest BCUT2D eigenvalue weighted by Crippen LogP contribution is -2.41. The van der Waals surface area contributed by atoms with Crippen LogP contribution in [-0.4, -0.2) is 136 Å². The first-order valence-corrected chi connectivity index (χ1v) is 58.9. The van der Waals surface area contributed by atoms with Crippen molar-refractivity contribution in [3.8, 4) is 23.0 Å². The number of esters is 4. The zero-order valence-corrected chi connectivity index (χ0v) is 86.3. The standard InChI is InChI=1S/C104H168O16Si4/c1-29-33-37-41-45-49-81-61-85-69-87-63-82(50-46-42-38-34-30-2)65-89(94(87)110-54-58-114-98(106)78(6)74-118-122(23,24)102(12,13)14)71-91-67-84(52-48-44-40-36-32-4)68-92(96(91)112-56-60-116-100(108)80(8)76-120-124(27,28)104(18,19)20)72-90-66-83(51-47-43-39-35-31-3)64-88(95(90)111-55-59-115-99(107)79(7)75-119-123(25,26)103(15,16)17)70-86(62-81)93(85)109-53-57-113-97(105)77(5)73-117-121(21,22)101(9,10)11/h61-68H,5-8,29-60,69-76H2,1-4,9-28H3. The number of carbonyl (C=O) groups is 4. The Hall–Kier alpha value is -6.37. The van der Waals surface area contributed by atoms with Gasteiger partial charge in [-0.15, -0.1) is 0 Å². The Kier molecular flexibility index (Phi) is 45.1. The van der Waals surface area contributed by atoms with Gasteiger partial charge in [0.1, 0.15) is 75.9 Å². The molecular weight excluding hydrogens is 1620 g/mol. The molecule has 20 heteroatoms. The molecule has 8 bridgehead atoms. The first-order valence-electron chi connectivity index (χ1n) is 47.2. The minimum atomic E-state index is -2.24. The van der Waals surface area contributed by atoms with Gasteiger partial charge in [0.05, 0.1) is 48.7 Å². The Bertz CT molecular complexity index is 3470. The summed E-state index contributed by atoms with van der Waals surface area (Å²) in [5.41, 5.74) is 13.0. The molecule has 0 amide bonds. The molecule has 16 nitrogen and oxygen atoms in total. The van der Waals surface area contributed by atoms with E-state index in [1.54, 1.807) is 0 Å². The average molecular weight is 1790 g/mol. The largest absolute Gasteiger partial charge is 0.489 e. The maximum atomic E-state index is 14.0. The van der Waals surface area contributed by atoms with Gasteiger partial charge in [0.2, 0.25) is 0 Å². The van der Waals surface area contributed by atoms with Crippen molar-refractivity contribution in [1.29, 1.82) is 0 Å². The molecule has 4 aromatic carbocycles. The topological polar surface area (TPSA) is 179 Å². The molecule has 0 radical (unpaired) electrons. The molecule has 0 aliphatic heterocycles. The highest BCUT2D eigenvalue weighted by atomic mass is 28.4. The molecule has 0 saturated carbocycles. The van der Waals surface area contributed by atoms with Gasteiger partial charge in [-0.3, -0.25) is 0 Å². The van der Waals surface area contributed by atoms with Crippen molar-refractivity contribution in [2.45, 2.75) is 363 Å². The molecule has 0 heterocycles. The molecular formula is C104H168O16Si4. The number of rotatable bonds is 56. The van der Waals surface area contributed by atoms with Crippen LogP contribution in [0, 0.1) is 0 Å². The summed E-state index contributed by atoms with van der Waals surface area (Å²) in [4.78, 5) is 56.1. The lowest BCUT2D eigenvalue weighted by Gasteiger charge is -2.36. The van der Waals surface area contributed by atoms with E-state index in [0.29, 0.717) is 48.7 Å². The second-order valence-electron chi connectivity index (χ2n) is 40.9. The maximum Gasteiger partial charge on any atom is 0.335 e. The van der Waals surface area contributed by atoms with Gasteiger partial charge >= 0.3 is 23.9 Å². The summed E-state index contributed by atoms with van der Waals surface area (Å²) in [5.74, 6) is 0.457. The van der Waals surface area contributed by atoms with E-state index in [9.17, 15) is 19.2 Å². The van der Waals surface area contributed by atoms with Gasteiger partial charge in [0.15, 0.2) is 33.3 Å². The molecule has 0 atom stereocenters. The van der Waals surface area contributed by atoms with E-state index >= 15 is 0 Å². The van der Waals surface area contributed by atoms with Crippen molar-refractivity contribution < 1.29 is 74.8 Å². The number of carbonyl (C=O) groups excluding carboxylic acids is 4. The highest BCUT2D eigenvalue weighted by Gasteiger charge is 2.41. The fourth-order valence-corrected chi connectivity index (χ4v) is 17.8. The third kappa shape index (κ3) is 35.9. The first-order chi connectivity index (χ1) is 58.2.